The van der Waals surface area contributed by atoms with Crippen molar-refractivity contribution in [3.8, 4) is 33.4 Å². The van der Waals surface area contributed by atoms with E-state index >= 15 is 0 Å². The normalized spacial score (nSPS) is 13.1. The number of para-hydroxylation sites is 1. The first-order valence-corrected chi connectivity index (χ1v) is 17.5. The molecular weight excluding hydrogens is 621 g/mol. The summed E-state index contributed by atoms with van der Waals surface area (Å²) >= 11 is 0. The number of benzene rings is 7. The van der Waals surface area contributed by atoms with E-state index in [-0.39, 0.29) is 5.41 Å². The van der Waals surface area contributed by atoms with Gasteiger partial charge in [0.1, 0.15) is 11.2 Å². The molecular formula is C48H34N2O. The zero-order valence-electron chi connectivity index (χ0n) is 28.5. The van der Waals surface area contributed by atoms with Gasteiger partial charge in [-0.15, -0.1) is 0 Å². The van der Waals surface area contributed by atoms with Crippen molar-refractivity contribution >= 4 is 49.8 Å². The van der Waals surface area contributed by atoms with Crippen molar-refractivity contribution in [2.75, 3.05) is 4.90 Å². The Bertz CT molecular complexity index is 2780. The molecule has 0 atom stereocenters. The van der Waals surface area contributed by atoms with Gasteiger partial charge in [0.05, 0.1) is 0 Å². The topological polar surface area (TPSA) is 29.3 Å². The third-order valence-corrected chi connectivity index (χ3v) is 10.7. The van der Waals surface area contributed by atoms with E-state index in [1.54, 1.807) is 0 Å². The molecule has 0 radical (unpaired) electrons. The molecule has 10 rings (SSSR count). The van der Waals surface area contributed by atoms with Gasteiger partial charge in [-0.1, -0.05) is 111 Å². The van der Waals surface area contributed by atoms with Crippen molar-refractivity contribution in [2.24, 2.45) is 0 Å². The maximum absolute atomic E-state index is 6.85. The van der Waals surface area contributed by atoms with Crippen LogP contribution in [-0.4, -0.2) is 4.98 Å². The van der Waals surface area contributed by atoms with Crippen molar-refractivity contribution in [2.45, 2.75) is 19.3 Å². The van der Waals surface area contributed by atoms with Gasteiger partial charge in [0.25, 0.3) is 0 Å². The van der Waals surface area contributed by atoms with E-state index in [4.69, 9.17) is 4.42 Å². The second-order valence-corrected chi connectivity index (χ2v) is 14.0. The minimum atomic E-state index is -0.0980. The Kier molecular flexibility index (Phi) is 6.53. The highest BCUT2D eigenvalue weighted by Crippen LogP contribution is 2.51. The first-order valence-electron chi connectivity index (χ1n) is 17.5. The van der Waals surface area contributed by atoms with E-state index in [1.807, 2.05) is 12.4 Å². The molecule has 0 saturated carbocycles. The van der Waals surface area contributed by atoms with E-state index in [0.29, 0.717) is 0 Å². The van der Waals surface area contributed by atoms with Crippen LogP contribution in [-0.2, 0) is 5.41 Å². The smallest absolute Gasteiger partial charge is 0.143 e. The average Bonchev–Trinajstić information content (AvgIpc) is 3.69. The molecule has 2 heterocycles. The molecule has 0 fully saturated rings. The second kappa shape index (κ2) is 11.3. The first-order chi connectivity index (χ1) is 25.1. The number of fused-ring (bicyclic) bond motifs is 8. The summed E-state index contributed by atoms with van der Waals surface area (Å²) in [5.74, 6) is 0. The molecule has 51 heavy (non-hydrogen) atoms. The van der Waals surface area contributed by atoms with Crippen molar-refractivity contribution in [1.29, 1.82) is 0 Å². The molecule has 242 valence electrons. The highest BCUT2D eigenvalue weighted by Gasteiger charge is 2.35. The van der Waals surface area contributed by atoms with Gasteiger partial charge >= 0.3 is 0 Å². The summed E-state index contributed by atoms with van der Waals surface area (Å²) in [6, 6.07) is 56.8. The number of hydrogen-bond donors (Lipinski definition) is 0. The summed E-state index contributed by atoms with van der Waals surface area (Å²) in [5.41, 5.74) is 14.8. The van der Waals surface area contributed by atoms with Crippen LogP contribution in [0.2, 0.25) is 0 Å². The highest BCUT2D eigenvalue weighted by atomic mass is 16.3. The molecule has 0 spiro atoms. The quantitative estimate of drug-likeness (QED) is 0.185. The summed E-state index contributed by atoms with van der Waals surface area (Å²) in [4.78, 5) is 6.65. The van der Waals surface area contributed by atoms with Crippen LogP contribution in [0.1, 0.15) is 25.0 Å². The van der Waals surface area contributed by atoms with Crippen molar-refractivity contribution in [3.05, 3.63) is 181 Å². The largest absolute Gasteiger partial charge is 0.455 e. The Morgan fingerprint density at radius 2 is 1.20 bits per heavy atom. The van der Waals surface area contributed by atoms with Crippen LogP contribution < -0.4 is 4.90 Å². The molecule has 1 aliphatic rings. The lowest BCUT2D eigenvalue weighted by molar-refractivity contribution is 0.660. The third kappa shape index (κ3) is 4.55. The maximum atomic E-state index is 6.85. The SMILES string of the molecule is CC1(C)c2ccccc2-c2ccc(N(c3ccccc3)c3cccc(-c4cc5ccccc5c5c4oc4cccc(-c6ccncc6)c45)c3)cc21. The minimum Gasteiger partial charge on any atom is -0.455 e. The molecule has 3 nitrogen and oxygen atoms in total. The lowest BCUT2D eigenvalue weighted by atomic mass is 9.82. The standard InChI is InChI=1S/C48H34N2O/c1-48(2)42-20-9-8-18-39(42)40-23-22-36(30-43(40)48)50(34-14-4-3-5-15-34)35-16-10-13-32(28-35)41-29-33-12-6-7-17-38(33)46-45-37(31-24-26-49-27-25-31)19-11-21-44(45)51-47(41)46/h3-30H,1-2H3. The number of hydrogen-bond acceptors (Lipinski definition) is 3. The predicted molar refractivity (Wildman–Crippen MR) is 212 cm³/mol. The summed E-state index contributed by atoms with van der Waals surface area (Å²) in [7, 11) is 0. The van der Waals surface area contributed by atoms with Crippen LogP contribution in [0.3, 0.4) is 0 Å². The Morgan fingerprint density at radius 1 is 0.490 bits per heavy atom. The summed E-state index contributed by atoms with van der Waals surface area (Å²) in [6.45, 7) is 4.68. The van der Waals surface area contributed by atoms with Gasteiger partial charge in [-0.3, -0.25) is 4.98 Å². The van der Waals surface area contributed by atoms with Crippen molar-refractivity contribution in [1.82, 2.24) is 4.98 Å². The summed E-state index contributed by atoms with van der Waals surface area (Å²) < 4.78 is 6.85. The fourth-order valence-electron chi connectivity index (χ4n) is 8.32. The Labute approximate surface area is 297 Å². The Hall–Kier alpha value is -6.45. The third-order valence-electron chi connectivity index (χ3n) is 10.7. The molecule has 0 unspecified atom stereocenters. The number of anilines is 3. The van der Waals surface area contributed by atoms with E-state index in [2.05, 4.69) is 181 Å². The molecule has 7 aromatic carbocycles. The number of furan rings is 1. The zero-order valence-corrected chi connectivity index (χ0v) is 28.5. The Balaban J connectivity index is 1.19. The molecule has 0 saturated heterocycles. The molecule has 0 aliphatic heterocycles. The zero-order chi connectivity index (χ0) is 34.1. The number of aromatic nitrogens is 1. The monoisotopic (exact) mass is 654 g/mol. The van der Waals surface area contributed by atoms with Crippen molar-refractivity contribution in [3.63, 3.8) is 0 Å². The summed E-state index contributed by atoms with van der Waals surface area (Å²) in [6.07, 6.45) is 3.70. The number of rotatable bonds is 5. The predicted octanol–water partition coefficient (Wildman–Crippen LogP) is 13.2. The molecule has 0 N–H and O–H groups in total. The van der Waals surface area contributed by atoms with E-state index in [0.717, 1.165) is 61.3 Å². The molecule has 9 aromatic rings. The van der Waals surface area contributed by atoms with E-state index in [9.17, 15) is 0 Å². The lowest BCUT2D eigenvalue weighted by Crippen LogP contribution is -2.16. The molecule has 0 amide bonds. The van der Waals surface area contributed by atoms with Crippen LogP contribution in [0, 0.1) is 0 Å². The van der Waals surface area contributed by atoms with Gasteiger partial charge in [0.15, 0.2) is 0 Å². The highest BCUT2D eigenvalue weighted by molar-refractivity contribution is 6.25. The molecule has 3 heteroatoms. The van der Waals surface area contributed by atoms with Gasteiger partial charge < -0.3 is 9.32 Å². The van der Waals surface area contributed by atoms with E-state index in [1.165, 1.54) is 33.0 Å². The van der Waals surface area contributed by atoms with Crippen molar-refractivity contribution < 1.29 is 4.42 Å². The lowest BCUT2D eigenvalue weighted by Gasteiger charge is -2.28. The maximum Gasteiger partial charge on any atom is 0.143 e. The number of pyridine rings is 1. The van der Waals surface area contributed by atoms with Gasteiger partial charge in [0, 0.05) is 51.2 Å². The van der Waals surface area contributed by atoms with Gasteiger partial charge in [0.2, 0.25) is 0 Å². The van der Waals surface area contributed by atoms with Crippen LogP contribution in [0.5, 0.6) is 0 Å². The average molecular weight is 655 g/mol. The molecule has 1 aliphatic carbocycles. The van der Waals surface area contributed by atoms with Gasteiger partial charge in [-0.2, -0.15) is 0 Å². The fraction of sp³-hybridized carbons (Fsp3) is 0.0625. The van der Waals surface area contributed by atoms with Gasteiger partial charge in [-0.25, -0.2) is 0 Å². The van der Waals surface area contributed by atoms with Crippen LogP contribution in [0.4, 0.5) is 17.1 Å². The summed E-state index contributed by atoms with van der Waals surface area (Å²) in [5, 5.41) is 4.62. The van der Waals surface area contributed by atoms with Crippen LogP contribution >= 0.6 is 0 Å². The van der Waals surface area contributed by atoms with Crippen LogP contribution in [0.25, 0.3) is 66.1 Å². The molecule has 0 bridgehead atoms. The Morgan fingerprint density at radius 3 is 2.08 bits per heavy atom. The number of nitrogens with zero attached hydrogens (tertiary/aromatic N) is 2. The molecule has 2 aromatic heterocycles. The fourth-order valence-corrected chi connectivity index (χ4v) is 8.32. The van der Waals surface area contributed by atoms with Crippen LogP contribution in [0.15, 0.2) is 175 Å². The minimum absolute atomic E-state index is 0.0980. The first kappa shape index (κ1) is 29.5. The second-order valence-electron chi connectivity index (χ2n) is 14.0. The van der Waals surface area contributed by atoms with Gasteiger partial charge in [-0.05, 0) is 110 Å². The van der Waals surface area contributed by atoms with E-state index < -0.39 is 0 Å².